The van der Waals surface area contributed by atoms with Crippen molar-refractivity contribution >= 4 is 36.0 Å². The predicted octanol–water partition coefficient (Wildman–Crippen LogP) is 2.83. The number of unbranched alkanes of at least 4 members (excludes halogenated alkanes) is 1. The zero-order valence-corrected chi connectivity index (χ0v) is 17.3. The second kappa shape index (κ2) is 12.7. The quantitative estimate of drug-likeness (QED) is 0.329. The van der Waals surface area contributed by atoms with Gasteiger partial charge in [0.25, 0.3) is 0 Å². The molecule has 1 unspecified atom stereocenters. The van der Waals surface area contributed by atoms with Gasteiger partial charge in [-0.3, -0.25) is 4.99 Å². The van der Waals surface area contributed by atoms with Crippen LogP contribution in [0.2, 0.25) is 0 Å². The van der Waals surface area contributed by atoms with Crippen LogP contribution in [0.4, 0.5) is 4.79 Å². The molecule has 1 aliphatic rings. The molecule has 136 valence electrons. The summed E-state index contributed by atoms with van der Waals surface area (Å²) in [6.07, 6.45) is 4.30. The standard InChI is InChI=1S/C16H32N4O2.HI/c1-5-8-11-20(4)15(17-6-2)18-12-14(13-9-10-13)19-16(21)22-7-3;/h13-14H,5-12H2,1-4H3,(H,17,18)(H,19,21);1H. The van der Waals surface area contributed by atoms with Crippen molar-refractivity contribution < 1.29 is 9.53 Å². The number of rotatable bonds is 9. The van der Waals surface area contributed by atoms with E-state index in [0.29, 0.717) is 19.1 Å². The predicted molar refractivity (Wildman–Crippen MR) is 106 cm³/mol. The minimum Gasteiger partial charge on any atom is -0.450 e. The topological polar surface area (TPSA) is 66.0 Å². The van der Waals surface area contributed by atoms with E-state index in [2.05, 4.69) is 36.4 Å². The molecule has 0 aromatic heterocycles. The van der Waals surface area contributed by atoms with E-state index in [1.54, 1.807) is 0 Å². The highest BCUT2D eigenvalue weighted by Crippen LogP contribution is 2.32. The number of carbonyl (C=O) groups is 1. The molecule has 0 aromatic rings. The molecule has 1 atom stereocenters. The first kappa shape index (κ1) is 22.3. The highest BCUT2D eigenvalue weighted by atomic mass is 127. The first-order valence-corrected chi connectivity index (χ1v) is 8.55. The maximum absolute atomic E-state index is 11.6. The van der Waals surface area contributed by atoms with E-state index in [1.165, 1.54) is 6.42 Å². The van der Waals surface area contributed by atoms with Gasteiger partial charge in [-0.15, -0.1) is 24.0 Å². The molecule has 0 aromatic carbocycles. The Morgan fingerprint density at radius 1 is 1.35 bits per heavy atom. The van der Waals surface area contributed by atoms with E-state index < -0.39 is 0 Å². The van der Waals surface area contributed by atoms with Crippen molar-refractivity contribution in [3.05, 3.63) is 0 Å². The zero-order valence-electron chi connectivity index (χ0n) is 14.9. The van der Waals surface area contributed by atoms with Crippen LogP contribution in [0.5, 0.6) is 0 Å². The summed E-state index contributed by atoms with van der Waals surface area (Å²) < 4.78 is 4.98. The molecule has 0 saturated heterocycles. The van der Waals surface area contributed by atoms with Gasteiger partial charge in [-0.1, -0.05) is 13.3 Å². The Kier molecular flexibility index (Phi) is 12.3. The molecule has 1 aliphatic carbocycles. The van der Waals surface area contributed by atoms with Crippen LogP contribution in [0.25, 0.3) is 0 Å². The largest absolute Gasteiger partial charge is 0.450 e. The summed E-state index contributed by atoms with van der Waals surface area (Å²) in [5, 5.41) is 6.26. The lowest BCUT2D eigenvalue weighted by molar-refractivity contribution is 0.147. The summed E-state index contributed by atoms with van der Waals surface area (Å²) in [7, 11) is 2.06. The summed E-state index contributed by atoms with van der Waals surface area (Å²) in [4.78, 5) is 18.5. The fraction of sp³-hybridized carbons (Fsp3) is 0.875. The van der Waals surface area contributed by atoms with E-state index in [-0.39, 0.29) is 36.1 Å². The molecule has 0 radical (unpaired) electrons. The summed E-state index contributed by atoms with van der Waals surface area (Å²) in [6.45, 7) is 8.89. The van der Waals surface area contributed by atoms with Gasteiger partial charge < -0.3 is 20.3 Å². The molecular weight excluding hydrogens is 407 g/mol. The van der Waals surface area contributed by atoms with E-state index in [4.69, 9.17) is 9.73 Å². The number of ether oxygens (including phenoxy) is 1. The van der Waals surface area contributed by atoms with Crippen LogP contribution in [0, 0.1) is 5.92 Å². The summed E-state index contributed by atoms with van der Waals surface area (Å²) in [5.74, 6) is 1.45. The third kappa shape index (κ3) is 9.22. The number of alkyl carbamates (subject to hydrolysis) is 1. The zero-order chi connectivity index (χ0) is 16.4. The van der Waals surface area contributed by atoms with Crippen molar-refractivity contribution in [3.63, 3.8) is 0 Å². The van der Waals surface area contributed by atoms with E-state index >= 15 is 0 Å². The molecule has 23 heavy (non-hydrogen) atoms. The molecule has 1 saturated carbocycles. The second-order valence-corrected chi connectivity index (χ2v) is 5.78. The Hall–Kier alpha value is -0.730. The number of hydrogen-bond donors (Lipinski definition) is 2. The number of halogens is 1. The van der Waals surface area contributed by atoms with Gasteiger partial charge in [-0.05, 0) is 39.0 Å². The van der Waals surface area contributed by atoms with Crippen LogP contribution in [-0.2, 0) is 4.74 Å². The number of amides is 1. The number of hydrogen-bond acceptors (Lipinski definition) is 3. The third-order valence-electron chi connectivity index (χ3n) is 3.75. The van der Waals surface area contributed by atoms with Gasteiger partial charge >= 0.3 is 6.09 Å². The molecule has 0 heterocycles. The summed E-state index contributed by atoms with van der Waals surface area (Å²) in [5.41, 5.74) is 0. The number of nitrogens with zero attached hydrogens (tertiary/aromatic N) is 2. The Balaban J connectivity index is 0.00000484. The number of nitrogens with one attached hydrogen (secondary N) is 2. The Morgan fingerprint density at radius 2 is 2.04 bits per heavy atom. The van der Waals surface area contributed by atoms with E-state index in [1.807, 2.05) is 6.92 Å². The van der Waals surface area contributed by atoms with Gasteiger partial charge in [0.05, 0.1) is 19.2 Å². The van der Waals surface area contributed by atoms with Gasteiger partial charge in [0, 0.05) is 20.1 Å². The van der Waals surface area contributed by atoms with Crippen molar-refractivity contribution in [2.45, 2.75) is 52.5 Å². The van der Waals surface area contributed by atoms with Crippen molar-refractivity contribution in [1.29, 1.82) is 0 Å². The maximum atomic E-state index is 11.6. The van der Waals surface area contributed by atoms with Crippen molar-refractivity contribution in [2.24, 2.45) is 10.9 Å². The Labute approximate surface area is 157 Å². The molecule has 2 N–H and O–H groups in total. The highest BCUT2D eigenvalue weighted by molar-refractivity contribution is 14.0. The minimum atomic E-state index is -0.334. The van der Waals surface area contributed by atoms with Crippen LogP contribution < -0.4 is 10.6 Å². The van der Waals surface area contributed by atoms with Crippen LogP contribution in [0.15, 0.2) is 4.99 Å². The molecule has 0 aliphatic heterocycles. The number of aliphatic imine (C=N–C) groups is 1. The summed E-state index contributed by atoms with van der Waals surface area (Å²) in [6, 6.07) is 0.0762. The Bertz CT molecular complexity index is 362. The number of carbonyl (C=O) groups excluding carboxylic acids is 1. The SMILES string of the molecule is CCCCN(C)C(=NCC(NC(=O)OCC)C1CC1)NCC.I. The van der Waals surface area contributed by atoms with Gasteiger partial charge in [-0.2, -0.15) is 0 Å². The molecule has 1 fully saturated rings. The van der Waals surface area contributed by atoms with Crippen molar-refractivity contribution in [1.82, 2.24) is 15.5 Å². The molecular formula is C16H33IN4O2. The van der Waals surface area contributed by atoms with E-state index in [0.717, 1.165) is 38.3 Å². The molecule has 0 spiro atoms. The fourth-order valence-electron chi connectivity index (χ4n) is 2.29. The average molecular weight is 440 g/mol. The summed E-state index contributed by atoms with van der Waals surface area (Å²) >= 11 is 0. The average Bonchev–Trinajstić information content (AvgIpc) is 3.32. The second-order valence-electron chi connectivity index (χ2n) is 5.78. The lowest BCUT2D eigenvalue weighted by atomic mass is 10.2. The number of guanidine groups is 1. The lowest BCUT2D eigenvalue weighted by Crippen LogP contribution is -2.42. The van der Waals surface area contributed by atoms with Gasteiger partial charge in [0.15, 0.2) is 5.96 Å². The first-order chi connectivity index (χ1) is 10.6. The third-order valence-corrected chi connectivity index (χ3v) is 3.75. The normalized spacial score (nSPS) is 15.4. The van der Waals surface area contributed by atoms with Crippen LogP contribution >= 0.6 is 24.0 Å². The molecule has 1 amide bonds. The first-order valence-electron chi connectivity index (χ1n) is 8.55. The molecule has 1 rings (SSSR count). The van der Waals surface area contributed by atoms with Crippen molar-refractivity contribution in [2.75, 3.05) is 33.3 Å². The van der Waals surface area contributed by atoms with Gasteiger partial charge in [-0.25, -0.2) is 4.79 Å². The molecule has 7 heteroatoms. The molecule has 0 bridgehead atoms. The smallest absolute Gasteiger partial charge is 0.407 e. The monoisotopic (exact) mass is 440 g/mol. The van der Waals surface area contributed by atoms with Crippen LogP contribution in [0.1, 0.15) is 46.5 Å². The van der Waals surface area contributed by atoms with Gasteiger partial charge in [0.2, 0.25) is 0 Å². The van der Waals surface area contributed by atoms with Crippen LogP contribution in [0.3, 0.4) is 0 Å². The Morgan fingerprint density at radius 3 is 2.57 bits per heavy atom. The minimum absolute atomic E-state index is 0. The van der Waals surface area contributed by atoms with E-state index in [9.17, 15) is 4.79 Å². The fourth-order valence-corrected chi connectivity index (χ4v) is 2.29. The molecule has 6 nitrogen and oxygen atoms in total. The maximum Gasteiger partial charge on any atom is 0.407 e. The lowest BCUT2D eigenvalue weighted by Gasteiger charge is -2.23. The van der Waals surface area contributed by atoms with Gasteiger partial charge in [0.1, 0.15) is 0 Å². The highest BCUT2D eigenvalue weighted by Gasteiger charge is 2.32. The van der Waals surface area contributed by atoms with Crippen LogP contribution in [-0.4, -0.2) is 56.3 Å². The van der Waals surface area contributed by atoms with Crippen molar-refractivity contribution in [3.8, 4) is 0 Å².